The molecule has 0 spiro atoms. The van der Waals surface area contributed by atoms with E-state index in [0.717, 1.165) is 22.9 Å². The minimum atomic E-state index is -0.241. The van der Waals surface area contributed by atoms with Crippen LogP contribution in [0.5, 0.6) is 0 Å². The Morgan fingerprint density at radius 3 is 2.85 bits per heavy atom. The Kier molecular flexibility index (Phi) is 7.00. The molecule has 1 unspecified atom stereocenters. The Labute approximate surface area is 153 Å². The number of nitrogens with one attached hydrogen (secondary N) is 3. The van der Waals surface area contributed by atoms with Gasteiger partial charge in [0.2, 0.25) is 5.91 Å². The Morgan fingerprint density at radius 2 is 2.15 bits per heavy atom. The fourth-order valence-corrected chi connectivity index (χ4v) is 2.45. The number of likely N-dealkylation sites (N-methyl/N-ethyl adjacent to an activating group) is 1. The fourth-order valence-electron chi connectivity index (χ4n) is 2.45. The van der Waals surface area contributed by atoms with E-state index in [0.29, 0.717) is 18.9 Å². The molecule has 142 valence electrons. The predicted octanol–water partition coefficient (Wildman–Crippen LogP) is 2.27. The highest BCUT2D eigenvalue weighted by atomic mass is 19.1. The molecule has 0 fully saturated rings. The van der Waals surface area contributed by atoms with Crippen LogP contribution in [0.1, 0.15) is 25.8 Å². The number of aromatic amines is 1. The smallest absolute Gasteiger partial charge is 0.243 e. The van der Waals surface area contributed by atoms with Crippen LogP contribution >= 0.6 is 0 Å². The molecule has 7 heteroatoms. The molecule has 3 N–H and O–H groups in total. The first-order chi connectivity index (χ1) is 12.4. The van der Waals surface area contributed by atoms with Gasteiger partial charge in [-0.25, -0.2) is 9.38 Å². The SMILES string of the molecule is CCC(C)NC(=NCC(=O)N(C)C)NCCc1c[nH]c2ccc(F)cc12. The highest BCUT2D eigenvalue weighted by Crippen LogP contribution is 2.19. The molecule has 0 saturated heterocycles. The molecule has 1 aromatic carbocycles. The normalized spacial score (nSPS) is 12.9. The number of nitrogens with zero attached hydrogens (tertiary/aromatic N) is 2. The summed E-state index contributed by atoms with van der Waals surface area (Å²) >= 11 is 0. The van der Waals surface area contributed by atoms with Gasteiger partial charge >= 0.3 is 0 Å². The summed E-state index contributed by atoms with van der Waals surface area (Å²) in [6.07, 6.45) is 3.57. The molecule has 1 heterocycles. The van der Waals surface area contributed by atoms with Crippen molar-refractivity contribution in [2.24, 2.45) is 4.99 Å². The van der Waals surface area contributed by atoms with E-state index in [2.05, 4.69) is 34.5 Å². The maximum atomic E-state index is 13.5. The van der Waals surface area contributed by atoms with E-state index in [1.54, 1.807) is 26.2 Å². The summed E-state index contributed by atoms with van der Waals surface area (Å²) in [5, 5.41) is 7.44. The average Bonchev–Trinajstić information content (AvgIpc) is 3.01. The molecule has 1 aromatic heterocycles. The molecule has 1 amide bonds. The summed E-state index contributed by atoms with van der Waals surface area (Å²) in [5.41, 5.74) is 1.96. The van der Waals surface area contributed by atoms with Gasteiger partial charge in [0, 0.05) is 43.8 Å². The van der Waals surface area contributed by atoms with Crippen molar-refractivity contribution in [3.8, 4) is 0 Å². The second kappa shape index (κ2) is 9.22. The number of hydrogen-bond acceptors (Lipinski definition) is 2. The number of carbonyl (C=O) groups is 1. The van der Waals surface area contributed by atoms with Gasteiger partial charge in [-0.1, -0.05) is 6.92 Å². The van der Waals surface area contributed by atoms with Gasteiger partial charge in [0.1, 0.15) is 12.4 Å². The number of guanidine groups is 1. The number of aliphatic imine (C=N–C) groups is 1. The van der Waals surface area contributed by atoms with Crippen molar-refractivity contribution in [3.63, 3.8) is 0 Å². The number of rotatable bonds is 7. The minimum absolute atomic E-state index is 0.0534. The fraction of sp³-hybridized carbons (Fsp3) is 0.474. The summed E-state index contributed by atoms with van der Waals surface area (Å²) in [4.78, 5) is 20.8. The van der Waals surface area contributed by atoms with Crippen LogP contribution in [-0.4, -0.2) is 55.0 Å². The van der Waals surface area contributed by atoms with Gasteiger partial charge in [-0.2, -0.15) is 0 Å². The van der Waals surface area contributed by atoms with Crippen LogP contribution in [-0.2, 0) is 11.2 Å². The van der Waals surface area contributed by atoms with Crippen LogP contribution in [0.15, 0.2) is 29.4 Å². The molecule has 0 saturated carbocycles. The number of hydrogen-bond donors (Lipinski definition) is 3. The quantitative estimate of drug-likeness (QED) is 0.523. The van der Waals surface area contributed by atoms with Crippen molar-refractivity contribution in [1.82, 2.24) is 20.5 Å². The molecule has 0 aliphatic rings. The summed E-state index contributed by atoms with van der Waals surface area (Å²) in [6, 6.07) is 4.98. The van der Waals surface area contributed by atoms with E-state index in [4.69, 9.17) is 0 Å². The second-order valence-electron chi connectivity index (χ2n) is 6.59. The van der Waals surface area contributed by atoms with Crippen molar-refractivity contribution < 1.29 is 9.18 Å². The molecule has 0 aliphatic carbocycles. The van der Waals surface area contributed by atoms with Gasteiger partial charge in [-0.3, -0.25) is 4.79 Å². The van der Waals surface area contributed by atoms with Crippen LogP contribution in [0.25, 0.3) is 10.9 Å². The first-order valence-electron chi connectivity index (χ1n) is 8.91. The minimum Gasteiger partial charge on any atom is -0.361 e. The van der Waals surface area contributed by atoms with Gasteiger partial charge < -0.3 is 20.5 Å². The molecule has 1 atom stereocenters. The first kappa shape index (κ1) is 19.8. The lowest BCUT2D eigenvalue weighted by Gasteiger charge is -2.17. The maximum absolute atomic E-state index is 13.5. The van der Waals surface area contributed by atoms with Gasteiger partial charge in [0.15, 0.2) is 5.96 Å². The molecule has 2 rings (SSSR count). The zero-order chi connectivity index (χ0) is 19.1. The second-order valence-corrected chi connectivity index (χ2v) is 6.59. The molecule has 6 nitrogen and oxygen atoms in total. The molecule has 0 radical (unpaired) electrons. The number of carbonyl (C=O) groups excluding carboxylic acids is 1. The van der Waals surface area contributed by atoms with E-state index in [1.165, 1.54) is 11.0 Å². The molecule has 26 heavy (non-hydrogen) atoms. The third kappa shape index (κ3) is 5.47. The highest BCUT2D eigenvalue weighted by Gasteiger charge is 2.08. The van der Waals surface area contributed by atoms with Crippen molar-refractivity contribution >= 4 is 22.8 Å². The van der Waals surface area contributed by atoms with Crippen molar-refractivity contribution in [3.05, 3.63) is 35.8 Å². The monoisotopic (exact) mass is 361 g/mol. The number of benzene rings is 1. The lowest BCUT2D eigenvalue weighted by Crippen LogP contribution is -2.43. The molecular weight excluding hydrogens is 333 g/mol. The van der Waals surface area contributed by atoms with E-state index < -0.39 is 0 Å². The summed E-state index contributed by atoms with van der Waals surface area (Å²) < 4.78 is 13.5. The third-order valence-corrected chi connectivity index (χ3v) is 4.28. The Morgan fingerprint density at radius 1 is 1.38 bits per heavy atom. The van der Waals surface area contributed by atoms with Crippen molar-refractivity contribution in [2.75, 3.05) is 27.2 Å². The largest absolute Gasteiger partial charge is 0.361 e. The molecule has 2 aromatic rings. The predicted molar refractivity (Wildman–Crippen MR) is 104 cm³/mol. The number of amides is 1. The third-order valence-electron chi connectivity index (χ3n) is 4.28. The maximum Gasteiger partial charge on any atom is 0.243 e. The molecule has 0 bridgehead atoms. The average molecular weight is 361 g/mol. The number of aromatic nitrogens is 1. The highest BCUT2D eigenvalue weighted by molar-refractivity contribution is 5.85. The van der Waals surface area contributed by atoms with E-state index >= 15 is 0 Å². The zero-order valence-electron chi connectivity index (χ0n) is 15.9. The lowest BCUT2D eigenvalue weighted by molar-refractivity contribution is -0.127. The summed E-state index contributed by atoms with van der Waals surface area (Å²) in [7, 11) is 3.42. The number of halogens is 1. The van der Waals surface area contributed by atoms with E-state index in [1.807, 2.05) is 6.20 Å². The topological polar surface area (TPSA) is 72.5 Å². The zero-order valence-corrected chi connectivity index (χ0v) is 15.9. The van der Waals surface area contributed by atoms with Crippen LogP contribution < -0.4 is 10.6 Å². The summed E-state index contributed by atoms with van der Waals surface area (Å²) in [5.74, 6) is 0.317. The van der Waals surface area contributed by atoms with Gasteiger partial charge in [0.25, 0.3) is 0 Å². The Balaban J connectivity index is 1.99. The first-order valence-corrected chi connectivity index (χ1v) is 8.91. The van der Waals surface area contributed by atoms with Crippen LogP contribution in [0.2, 0.25) is 0 Å². The number of H-pyrrole nitrogens is 1. The van der Waals surface area contributed by atoms with Crippen molar-refractivity contribution in [2.45, 2.75) is 32.7 Å². The Bertz CT molecular complexity index is 768. The van der Waals surface area contributed by atoms with Crippen LogP contribution in [0.3, 0.4) is 0 Å². The van der Waals surface area contributed by atoms with Crippen molar-refractivity contribution in [1.29, 1.82) is 0 Å². The van der Waals surface area contributed by atoms with E-state index in [-0.39, 0.29) is 24.3 Å². The Hall–Kier alpha value is -2.57. The van der Waals surface area contributed by atoms with Crippen LogP contribution in [0, 0.1) is 5.82 Å². The van der Waals surface area contributed by atoms with Gasteiger partial charge in [0.05, 0.1) is 0 Å². The summed E-state index contributed by atoms with van der Waals surface area (Å²) in [6.45, 7) is 4.87. The number of fused-ring (bicyclic) bond motifs is 1. The molecular formula is C19H28FN5O. The van der Waals surface area contributed by atoms with Gasteiger partial charge in [-0.05, 0) is 43.5 Å². The van der Waals surface area contributed by atoms with E-state index in [9.17, 15) is 9.18 Å². The molecule has 0 aliphatic heterocycles. The lowest BCUT2D eigenvalue weighted by atomic mass is 10.1. The van der Waals surface area contributed by atoms with Gasteiger partial charge in [-0.15, -0.1) is 0 Å². The standard InChI is InChI=1S/C19H28FN5O/c1-5-13(2)24-19(23-12-18(26)25(3)4)21-9-8-14-11-22-17-7-6-15(20)10-16(14)17/h6-7,10-11,13,22H,5,8-9,12H2,1-4H3,(H2,21,23,24). The van der Waals surface area contributed by atoms with Crippen LogP contribution in [0.4, 0.5) is 4.39 Å².